The Morgan fingerprint density at radius 2 is 0.491 bits per heavy atom. The Morgan fingerprint density at radius 3 is 0.864 bits per heavy atom. The number of fused-ring (bicyclic) bond motifs is 16. The molecule has 21 aromatic rings. The number of benzene rings is 18. The number of nitrogens with zero attached hydrogens (tertiary/aromatic N) is 3. The van der Waals surface area contributed by atoms with Crippen LogP contribution in [0.4, 0.5) is 0 Å². The predicted molar refractivity (Wildman–Crippen MR) is 475 cm³/mol. The Morgan fingerprint density at radius 1 is 0.218 bits per heavy atom. The summed E-state index contributed by atoms with van der Waals surface area (Å²) in [5.41, 5.74) is 26.6. The third-order valence-electron chi connectivity index (χ3n) is 22.4. The van der Waals surface area contributed by atoms with Crippen LogP contribution in [-0.2, 0) is 6.42 Å². The van der Waals surface area contributed by atoms with E-state index < -0.39 is 0 Å². The molecule has 3 aromatic heterocycles. The highest BCUT2D eigenvalue weighted by Gasteiger charge is 2.23. The van der Waals surface area contributed by atoms with Gasteiger partial charge in [0, 0.05) is 53.9 Å². The molecule has 0 saturated carbocycles. The van der Waals surface area contributed by atoms with Crippen LogP contribution in [0.25, 0.3) is 181 Å². The first-order chi connectivity index (χ1) is 54.5. The van der Waals surface area contributed by atoms with E-state index in [2.05, 4.69) is 432 Å². The van der Waals surface area contributed by atoms with Crippen LogP contribution in [0, 0.1) is 0 Å². The van der Waals surface area contributed by atoms with Crippen molar-refractivity contribution in [1.82, 2.24) is 13.7 Å². The molecule has 0 amide bonds. The highest BCUT2D eigenvalue weighted by molar-refractivity contribution is 9.10. The molecule has 524 valence electrons. The Labute approximate surface area is 649 Å². The summed E-state index contributed by atoms with van der Waals surface area (Å²) in [6, 6.07) is 141. The van der Waals surface area contributed by atoms with E-state index in [1.54, 1.807) is 0 Å². The van der Waals surface area contributed by atoms with Crippen molar-refractivity contribution in [3.8, 4) is 72.7 Å². The van der Waals surface area contributed by atoms with Crippen LogP contribution in [0.5, 0.6) is 0 Å². The molecule has 110 heavy (non-hydrogen) atoms. The van der Waals surface area contributed by atoms with E-state index in [-0.39, 0.29) is 0 Å². The van der Waals surface area contributed by atoms with E-state index in [1.807, 2.05) is 0 Å². The summed E-state index contributed by atoms with van der Waals surface area (Å²) in [5.74, 6) is 0. The molecule has 0 spiro atoms. The molecule has 0 fully saturated rings. The fourth-order valence-corrected chi connectivity index (χ4v) is 17.8. The Bertz CT molecular complexity index is 6820. The van der Waals surface area contributed by atoms with E-state index in [9.17, 15) is 0 Å². The van der Waals surface area contributed by atoms with E-state index in [1.165, 1.54) is 200 Å². The van der Waals surface area contributed by atoms with Crippen molar-refractivity contribution < 1.29 is 0 Å². The molecule has 18 aromatic carbocycles. The van der Waals surface area contributed by atoms with Crippen molar-refractivity contribution in [3.63, 3.8) is 0 Å². The van der Waals surface area contributed by atoms with E-state index in [4.69, 9.17) is 0 Å². The third-order valence-corrected chi connectivity index (χ3v) is 22.9. The molecule has 0 radical (unpaired) electrons. The van der Waals surface area contributed by atoms with Crippen molar-refractivity contribution in [1.29, 1.82) is 0 Å². The SMILES string of the molecule is Brc1ccc(-c2c3ccccc3c(-c3ccccc3)c3ccccc23)cc1.CCCCC.c1ccc(-c2c3ccccc3c(-c3ccc(-n4c5ccccc5c5ccc(-n6c7ccccc7c7ccccc76)cc54)cc3)c3ccccc23)cc1.c1ccc2c(c1)Cc1cc(-n3c4ccccc4c4ccccc43)ccc1-2. The Kier molecular flexibility index (Phi) is 17.9. The molecule has 0 atom stereocenters. The lowest BCUT2D eigenvalue weighted by molar-refractivity contribution is 0.772. The summed E-state index contributed by atoms with van der Waals surface area (Å²) in [4.78, 5) is 0. The molecule has 0 saturated heterocycles. The van der Waals surface area contributed by atoms with Gasteiger partial charge < -0.3 is 13.7 Å². The van der Waals surface area contributed by atoms with Gasteiger partial charge in [0.25, 0.3) is 0 Å². The van der Waals surface area contributed by atoms with Gasteiger partial charge in [-0.05, 0) is 195 Å². The van der Waals surface area contributed by atoms with Gasteiger partial charge in [-0.2, -0.15) is 0 Å². The molecule has 3 nitrogen and oxygen atoms in total. The second kappa shape index (κ2) is 29.2. The number of hydrogen-bond donors (Lipinski definition) is 0. The van der Waals surface area contributed by atoms with E-state index in [0.29, 0.717) is 0 Å². The molecule has 0 unspecified atom stereocenters. The molecule has 0 bridgehead atoms. The second-order valence-corrected chi connectivity index (χ2v) is 29.7. The number of unbranched alkanes of at least 4 members (excludes halogenated alkanes) is 2. The number of para-hydroxylation sites is 5. The maximum Gasteiger partial charge on any atom is 0.0561 e. The van der Waals surface area contributed by atoms with E-state index in [0.717, 1.165) is 22.3 Å². The van der Waals surface area contributed by atoms with Gasteiger partial charge in [0.2, 0.25) is 0 Å². The molecule has 0 N–H and O–H groups in total. The van der Waals surface area contributed by atoms with Gasteiger partial charge in [-0.25, -0.2) is 0 Å². The first-order valence-corrected chi connectivity index (χ1v) is 39.3. The zero-order valence-corrected chi connectivity index (χ0v) is 63.1. The van der Waals surface area contributed by atoms with Crippen LogP contribution in [0.3, 0.4) is 0 Å². The van der Waals surface area contributed by atoms with E-state index >= 15 is 0 Å². The summed E-state index contributed by atoms with van der Waals surface area (Å²) in [6.45, 7) is 4.42. The number of halogens is 1. The van der Waals surface area contributed by atoms with Crippen LogP contribution in [0.1, 0.15) is 44.2 Å². The van der Waals surface area contributed by atoms with Crippen LogP contribution in [-0.4, -0.2) is 13.7 Å². The lowest BCUT2D eigenvalue weighted by atomic mass is 9.86. The fraction of sp³-hybridized carbons (Fsp3) is 0.0566. The normalized spacial score (nSPS) is 11.7. The van der Waals surface area contributed by atoms with Gasteiger partial charge in [-0.15, -0.1) is 0 Å². The van der Waals surface area contributed by atoms with Gasteiger partial charge in [0.15, 0.2) is 0 Å². The minimum absolute atomic E-state index is 1.02. The first-order valence-electron chi connectivity index (χ1n) is 38.5. The van der Waals surface area contributed by atoms with Crippen molar-refractivity contribution >= 4 is 124 Å². The largest absolute Gasteiger partial charge is 0.309 e. The molecule has 3 heterocycles. The summed E-state index contributed by atoms with van der Waals surface area (Å²) >= 11 is 3.56. The number of hydrogen-bond acceptors (Lipinski definition) is 0. The standard InChI is InChI=1S/C50H32N2.C26H17Br.C25H17N.C5H12/c1-2-14-33(15-3-1)49-41-19-4-6-21-43(41)50(44-22-7-5-20-42(44)49)34-26-28-35(29-27-34)51-45-23-11-10-18-39(45)40-31-30-36(32-48(40)51)52-46-24-12-8-16-37(46)38-17-9-13-25-47(38)52;27-20-16-14-19(15-17-20)26-23-12-6-4-10-21(23)25(18-8-2-1-3-9-18)22-11-5-7-13-24(22)26;1-2-8-20-17(7-1)15-18-16-19(13-14-21(18)20)26-24-11-5-3-9-22(24)23-10-4-6-12-25(23)26;1-3-5-4-2/h1-32H;1-17H;1-14,16H,15H2;3-5H2,1-2H3. The highest BCUT2D eigenvalue weighted by atomic mass is 79.9. The highest BCUT2D eigenvalue weighted by Crippen LogP contribution is 2.47. The molecule has 1 aliphatic carbocycles. The molecule has 4 heteroatoms. The summed E-state index contributed by atoms with van der Waals surface area (Å²) in [6.07, 6.45) is 5.10. The topological polar surface area (TPSA) is 14.8 Å². The van der Waals surface area contributed by atoms with Gasteiger partial charge >= 0.3 is 0 Å². The number of aromatic nitrogens is 3. The van der Waals surface area contributed by atoms with Gasteiger partial charge in [-0.1, -0.05) is 358 Å². The van der Waals surface area contributed by atoms with Gasteiger partial charge in [0.05, 0.1) is 33.1 Å². The Balaban J connectivity index is 0.000000118. The average Bonchev–Trinajstić information content (AvgIpc) is 1.18. The van der Waals surface area contributed by atoms with Crippen molar-refractivity contribution in [3.05, 3.63) is 404 Å². The van der Waals surface area contributed by atoms with Crippen LogP contribution < -0.4 is 0 Å². The van der Waals surface area contributed by atoms with Crippen molar-refractivity contribution in [2.75, 3.05) is 0 Å². The summed E-state index contributed by atoms with van der Waals surface area (Å²) in [5, 5.41) is 17.9. The maximum atomic E-state index is 3.56. The predicted octanol–water partition coefficient (Wildman–Crippen LogP) is 30.2. The Hall–Kier alpha value is -13.1. The molecule has 1 aliphatic rings. The summed E-state index contributed by atoms with van der Waals surface area (Å²) < 4.78 is 8.33. The lowest BCUT2D eigenvalue weighted by Gasteiger charge is -2.18. The monoisotopic (exact) mass is 1470 g/mol. The van der Waals surface area contributed by atoms with Gasteiger partial charge in [-0.3, -0.25) is 0 Å². The zero-order chi connectivity index (χ0) is 73.6. The minimum Gasteiger partial charge on any atom is -0.309 e. The van der Waals surface area contributed by atoms with Crippen molar-refractivity contribution in [2.24, 2.45) is 0 Å². The second-order valence-electron chi connectivity index (χ2n) is 28.8. The molecular weight excluding hydrogens is 1400 g/mol. The molecular formula is C106H78BrN3. The average molecular weight is 1470 g/mol. The first kappa shape index (κ1) is 67.5. The quantitative estimate of drug-likeness (QED) is 0.128. The molecule has 22 rings (SSSR count). The minimum atomic E-state index is 1.02. The lowest BCUT2D eigenvalue weighted by Crippen LogP contribution is -1.97. The van der Waals surface area contributed by atoms with Crippen molar-refractivity contribution in [2.45, 2.75) is 39.5 Å². The van der Waals surface area contributed by atoms with Gasteiger partial charge in [0.1, 0.15) is 0 Å². The number of rotatable bonds is 9. The molecule has 0 aliphatic heterocycles. The third kappa shape index (κ3) is 11.9. The summed E-state index contributed by atoms with van der Waals surface area (Å²) in [7, 11) is 0. The smallest absolute Gasteiger partial charge is 0.0561 e. The maximum absolute atomic E-state index is 3.56. The van der Waals surface area contributed by atoms with Crippen LogP contribution >= 0.6 is 15.9 Å². The fourth-order valence-electron chi connectivity index (χ4n) is 17.5. The van der Waals surface area contributed by atoms with Crippen LogP contribution in [0.2, 0.25) is 0 Å². The zero-order valence-electron chi connectivity index (χ0n) is 61.5. The van der Waals surface area contributed by atoms with Crippen LogP contribution in [0.15, 0.2) is 393 Å².